The summed E-state index contributed by atoms with van der Waals surface area (Å²) < 4.78 is 10.6. The van der Waals surface area contributed by atoms with E-state index in [0.29, 0.717) is 18.4 Å². The topological polar surface area (TPSA) is 76.4 Å². The fourth-order valence-electron chi connectivity index (χ4n) is 5.39. The molecule has 0 saturated heterocycles. The molecule has 5 heteroatoms. The predicted octanol–water partition coefficient (Wildman–Crippen LogP) is 12.6. The molecule has 46 heavy (non-hydrogen) atoms. The van der Waals surface area contributed by atoms with E-state index in [1.54, 1.807) is 0 Å². The Hall–Kier alpha value is -2.35. The molecule has 0 rings (SSSR count). The van der Waals surface area contributed by atoms with E-state index in [1.807, 2.05) is 6.07 Å². The molecule has 0 N–H and O–H groups in total. The zero-order valence-corrected chi connectivity index (χ0v) is 30.2. The Balaban J connectivity index is 3.70. The quantitative estimate of drug-likeness (QED) is 0.0397. The summed E-state index contributed by atoms with van der Waals surface area (Å²) >= 11 is 0. The summed E-state index contributed by atoms with van der Waals surface area (Å²) in [4.78, 5) is 24.3. The molecule has 0 spiro atoms. The van der Waals surface area contributed by atoms with Crippen molar-refractivity contribution in [2.24, 2.45) is 0 Å². The summed E-state index contributed by atoms with van der Waals surface area (Å²) in [5.74, 6) is -0.694. The van der Waals surface area contributed by atoms with Gasteiger partial charge in [-0.3, -0.25) is 9.59 Å². The van der Waals surface area contributed by atoms with Crippen LogP contribution in [0.15, 0.2) is 36.5 Å². The third kappa shape index (κ3) is 31.6. The highest BCUT2D eigenvalue weighted by Gasteiger charge is 2.18. The fourth-order valence-corrected chi connectivity index (χ4v) is 5.39. The van der Waals surface area contributed by atoms with E-state index in [4.69, 9.17) is 9.47 Å². The monoisotopic (exact) mass is 642 g/mol. The van der Waals surface area contributed by atoms with Crippen molar-refractivity contribution in [3.8, 4) is 6.07 Å². The van der Waals surface area contributed by atoms with Crippen molar-refractivity contribution in [2.75, 3.05) is 6.61 Å². The van der Waals surface area contributed by atoms with Crippen LogP contribution in [0.4, 0.5) is 0 Å². The number of carbonyl (C=O) groups excluding carboxylic acids is 2. The SMILES string of the molecule is C=C(COC(=O)CCCCCCC/C=C\CCCCCCCC)C(C#N)OC(=O)CCCCCCC/C=C\CCCCCCCC. The molecule has 0 fully saturated rings. The van der Waals surface area contributed by atoms with Gasteiger partial charge in [0.15, 0.2) is 0 Å². The molecule has 0 aliphatic rings. The standard InChI is InChI=1S/C41H71NO4/c1-4-6-8-10-12-14-16-18-20-22-24-26-28-30-32-34-40(43)45-37-38(3)39(36-42)46-41(44)35-33-31-29-27-25-23-21-19-17-15-13-11-9-7-5-2/h18-21,39H,3-17,22-35,37H2,1-2H3/b20-18-,21-19-. The maximum absolute atomic E-state index is 12.2. The summed E-state index contributed by atoms with van der Waals surface area (Å²) in [6, 6.07) is 1.97. The Morgan fingerprint density at radius 3 is 1.30 bits per heavy atom. The van der Waals surface area contributed by atoms with Gasteiger partial charge in [-0.15, -0.1) is 0 Å². The number of rotatable bonds is 34. The van der Waals surface area contributed by atoms with Crippen LogP contribution in [-0.4, -0.2) is 24.6 Å². The first kappa shape index (κ1) is 43.6. The van der Waals surface area contributed by atoms with Crippen molar-refractivity contribution in [1.82, 2.24) is 0 Å². The third-order valence-electron chi connectivity index (χ3n) is 8.44. The molecule has 0 aliphatic heterocycles. The minimum atomic E-state index is -1.08. The van der Waals surface area contributed by atoms with Crippen molar-refractivity contribution in [3.05, 3.63) is 36.5 Å². The summed E-state index contributed by atoms with van der Waals surface area (Å²) in [7, 11) is 0. The lowest BCUT2D eigenvalue weighted by molar-refractivity contribution is -0.146. The second-order valence-electron chi connectivity index (χ2n) is 13.0. The van der Waals surface area contributed by atoms with Crippen LogP contribution in [0.2, 0.25) is 0 Å². The molecule has 0 radical (unpaired) electrons. The summed E-state index contributed by atoms with van der Waals surface area (Å²) in [5, 5.41) is 9.43. The highest BCUT2D eigenvalue weighted by Crippen LogP contribution is 2.14. The van der Waals surface area contributed by atoms with E-state index in [-0.39, 0.29) is 12.6 Å². The normalized spacial score (nSPS) is 12.0. The van der Waals surface area contributed by atoms with E-state index in [0.717, 1.165) is 57.8 Å². The van der Waals surface area contributed by atoms with Gasteiger partial charge in [0.1, 0.15) is 12.7 Å². The van der Waals surface area contributed by atoms with Gasteiger partial charge in [0, 0.05) is 18.4 Å². The van der Waals surface area contributed by atoms with Crippen LogP contribution in [0.3, 0.4) is 0 Å². The number of unbranched alkanes of at least 4 members (excludes halogenated alkanes) is 22. The van der Waals surface area contributed by atoms with Crippen molar-refractivity contribution in [1.29, 1.82) is 5.26 Å². The lowest BCUT2D eigenvalue weighted by atomic mass is 10.1. The molecule has 5 nitrogen and oxygen atoms in total. The van der Waals surface area contributed by atoms with Crippen LogP contribution >= 0.6 is 0 Å². The minimum absolute atomic E-state index is 0.0944. The first-order valence-corrected chi connectivity index (χ1v) is 19.3. The van der Waals surface area contributed by atoms with Gasteiger partial charge in [-0.2, -0.15) is 5.26 Å². The van der Waals surface area contributed by atoms with Crippen molar-refractivity contribution < 1.29 is 19.1 Å². The van der Waals surface area contributed by atoms with Gasteiger partial charge >= 0.3 is 11.9 Å². The molecule has 1 unspecified atom stereocenters. The number of nitrogens with zero attached hydrogens (tertiary/aromatic N) is 1. The molecule has 0 aromatic carbocycles. The Bertz CT molecular complexity index is 825. The molecular weight excluding hydrogens is 570 g/mol. The molecule has 0 bridgehead atoms. The maximum Gasteiger partial charge on any atom is 0.307 e. The molecule has 1 atom stereocenters. The molecule has 0 aliphatic carbocycles. The summed E-state index contributed by atoms with van der Waals surface area (Å²) in [5.41, 5.74) is 0.304. The molecule has 0 saturated carbocycles. The second-order valence-corrected chi connectivity index (χ2v) is 13.0. The van der Waals surface area contributed by atoms with Crippen LogP contribution in [0, 0.1) is 11.3 Å². The lowest BCUT2D eigenvalue weighted by Gasteiger charge is -2.14. The lowest BCUT2D eigenvalue weighted by Crippen LogP contribution is -2.22. The van der Waals surface area contributed by atoms with E-state index >= 15 is 0 Å². The average Bonchev–Trinajstić information content (AvgIpc) is 3.06. The number of hydrogen-bond donors (Lipinski definition) is 0. The Morgan fingerprint density at radius 2 is 0.913 bits per heavy atom. The first-order chi connectivity index (χ1) is 22.5. The van der Waals surface area contributed by atoms with Gasteiger partial charge in [-0.05, 0) is 64.2 Å². The molecule has 0 aromatic heterocycles. The van der Waals surface area contributed by atoms with Gasteiger partial charge < -0.3 is 9.47 Å². The van der Waals surface area contributed by atoms with Crippen LogP contribution in [0.25, 0.3) is 0 Å². The van der Waals surface area contributed by atoms with E-state index in [1.165, 1.54) is 109 Å². The molecule has 0 amide bonds. The molecule has 264 valence electrons. The predicted molar refractivity (Wildman–Crippen MR) is 194 cm³/mol. The number of carbonyl (C=O) groups is 2. The zero-order chi connectivity index (χ0) is 33.8. The van der Waals surface area contributed by atoms with E-state index < -0.39 is 12.1 Å². The van der Waals surface area contributed by atoms with Crippen LogP contribution in [0.1, 0.15) is 194 Å². The summed E-state index contributed by atoms with van der Waals surface area (Å²) in [6.07, 6.45) is 40.2. The first-order valence-electron chi connectivity index (χ1n) is 19.3. The minimum Gasteiger partial charge on any atom is -0.461 e. The number of nitriles is 1. The number of hydrogen-bond acceptors (Lipinski definition) is 5. The van der Waals surface area contributed by atoms with Crippen LogP contribution in [-0.2, 0) is 19.1 Å². The average molecular weight is 642 g/mol. The smallest absolute Gasteiger partial charge is 0.307 e. The second kappa shape index (κ2) is 35.5. The molecular formula is C41H71NO4. The number of ether oxygens (including phenoxy) is 2. The van der Waals surface area contributed by atoms with Gasteiger partial charge in [0.2, 0.25) is 6.10 Å². The van der Waals surface area contributed by atoms with Gasteiger partial charge in [-0.25, -0.2) is 0 Å². The van der Waals surface area contributed by atoms with Gasteiger partial charge in [0.25, 0.3) is 0 Å². The number of allylic oxidation sites excluding steroid dienone is 4. The molecule has 0 aromatic rings. The molecule has 0 heterocycles. The summed E-state index contributed by atoms with van der Waals surface area (Å²) in [6.45, 7) is 8.23. The highest BCUT2D eigenvalue weighted by molar-refractivity contribution is 5.70. The third-order valence-corrected chi connectivity index (χ3v) is 8.44. The Kier molecular flexibility index (Phi) is 33.7. The van der Waals surface area contributed by atoms with E-state index in [9.17, 15) is 14.9 Å². The van der Waals surface area contributed by atoms with Crippen molar-refractivity contribution in [2.45, 2.75) is 200 Å². The largest absolute Gasteiger partial charge is 0.461 e. The fraction of sp³-hybridized carbons (Fsp3) is 0.780. The van der Waals surface area contributed by atoms with E-state index in [2.05, 4.69) is 44.7 Å². The Labute approximate surface area is 284 Å². The maximum atomic E-state index is 12.2. The zero-order valence-electron chi connectivity index (χ0n) is 30.2. The van der Waals surface area contributed by atoms with Gasteiger partial charge in [0.05, 0.1) is 0 Å². The number of esters is 2. The Morgan fingerprint density at radius 1 is 0.565 bits per heavy atom. The highest BCUT2D eigenvalue weighted by atomic mass is 16.6. The van der Waals surface area contributed by atoms with Crippen molar-refractivity contribution in [3.63, 3.8) is 0 Å². The van der Waals surface area contributed by atoms with Crippen LogP contribution in [0.5, 0.6) is 0 Å². The van der Waals surface area contributed by atoms with Crippen LogP contribution < -0.4 is 0 Å². The van der Waals surface area contributed by atoms with Crippen molar-refractivity contribution >= 4 is 11.9 Å². The van der Waals surface area contributed by atoms with Gasteiger partial charge in [-0.1, -0.05) is 147 Å².